The predicted molar refractivity (Wildman–Crippen MR) is 86.7 cm³/mol. The molecular weight excluding hydrogens is 262 g/mol. The molecule has 0 radical (unpaired) electrons. The van der Waals surface area contributed by atoms with Crippen molar-refractivity contribution in [3.05, 3.63) is 59.7 Å². The van der Waals surface area contributed by atoms with Crippen LogP contribution in [-0.2, 0) is 17.8 Å². The fraction of sp³-hybridized carbons (Fsp3) is 0.333. The van der Waals surface area contributed by atoms with Gasteiger partial charge in [-0.2, -0.15) is 0 Å². The zero-order valence-corrected chi connectivity index (χ0v) is 12.7. The van der Waals surface area contributed by atoms with E-state index in [-0.39, 0.29) is 0 Å². The Morgan fingerprint density at radius 2 is 1.81 bits per heavy atom. The fourth-order valence-electron chi connectivity index (χ4n) is 2.30. The lowest BCUT2D eigenvalue weighted by Crippen LogP contribution is -2.19. The van der Waals surface area contributed by atoms with Crippen molar-refractivity contribution in [2.24, 2.45) is 0 Å². The van der Waals surface area contributed by atoms with Gasteiger partial charge in [-0.15, -0.1) is 0 Å². The van der Waals surface area contributed by atoms with Crippen molar-refractivity contribution < 1.29 is 9.84 Å². The summed E-state index contributed by atoms with van der Waals surface area (Å²) in [7, 11) is 0. The molecule has 3 heteroatoms. The molecule has 0 aromatic heterocycles. The van der Waals surface area contributed by atoms with Crippen LogP contribution in [0.3, 0.4) is 0 Å². The molecule has 1 atom stereocenters. The first-order chi connectivity index (χ1) is 10.2. The summed E-state index contributed by atoms with van der Waals surface area (Å²) >= 11 is 0. The molecule has 0 aliphatic rings. The Balaban J connectivity index is 1.98. The van der Waals surface area contributed by atoms with Crippen LogP contribution in [0.5, 0.6) is 5.75 Å². The average Bonchev–Trinajstić information content (AvgIpc) is 2.49. The van der Waals surface area contributed by atoms with Crippen molar-refractivity contribution in [3.8, 4) is 5.75 Å². The number of phenols is 1. The lowest BCUT2D eigenvalue weighted by atomic mass is 10.1. The third kappa shape index (κ3) is 4.80. The second-order valence-electron chi connectivity index (χ2n) is 5.21. The normalized spacial score (nSPS) is 12.1. The first-order valence-corrected chi connectivity index (χ1v) is 7.39. The summed E-state index contributed by atoms with van der Waals surface area (Å²) in [5.41, 5.74) is 3.50. The highest BCUT2D eigenvalue weighted by molar-refractivity contribution is 5.51. The molecule has 2 rings (SSSR count). The monoisotopic (exact) mass is 285 g/mol. The van der Waals surface area contributed by atoms with Gasteiger partial charge in [0.05, 0.1) is 6.61 Å². The number of benzene rings is 2. The van der Waals surface area contributed by atoms with Crippen molar-refractivity contribution >= 4 is 5.69 Å². The van der Waals surface area contributed by atoms with E-state index in [0.29, 0.717) is 18.4 Å². The van der Waals surface area contributed by atoms with Gasteiger partial charge >= 0.3 is 0 Å². The molecule has 2 aromatic rings. The molecule has 21 heavy (non-hydrogen) atoms. The maximum absolute atomic E-state index is 9.32. The molecule has 3 nitrogen and oxygen atoms in total. The quantitative estimate of drug-likeness (QED) is 0.808. The minimum Gasteiger partial charge on any atom is -0.508 e. The van der Waals surface area contributed by atoms with Gasteiger partial charge in [0.1, 0.15) is 5.75 Å². The molecular formula is C18H23NO2. The molecule has 0 fully saturated rings. The van der Waals surface area contributed by atoms with Crippen LogP contribution in [0.4, 0.5) is 5.69 Å². The maximum Gasteiger partial charge on any atom is 0.115 e. The highest BCUT2D eigenvalue weighted by Crippen LogP contribution is 2.19. The van der Waals surface area contributed by atoms with Crippen LogP contribution >= 0.6 is 0 Å². The van der Waals surface area contributed by atoms with E-state index in [0.717, 1.165) is 18.7 Å². The molecule has 2 N–H and O–H groups in total. The van der Waals surface area contributed by atoms with Crippen molar-refractivity contribution in [3.63, 3.8) is 0 Å². The molecule has 0 heterocycles. The summed E-state index contributed by atoms with van der Waals surface area (Å²) in [4.78, 5) is 0. The lowest BCUT2D eigenvalue weighted by Gasteiger charge is -2.18. The van der Waals surface area contributed by atoms with Gasteiger partial charge in [0.25, 0.3) is 0 Å². The number of hydrogen-bond acceptors (Lipinski definition) is 3. The van der Waals surface area contributed by atoms with Gasteiger partial charge in [-0.1, -0.05) is 30.3 Å². The number of rotatable bonds is 7. The van der Waals surface area contributed by atoms with E-state index in [1.54, 1.807) is 12.1 Å². The SMILES string of the molecule is CCOCc1ccccc1NC(C)Cc1ccc(O)cc1. The number of nitrogens with one attached hydrogen (secondary N) is 1. The van der Waals surface area contributed by atoms with Crippen molar-refractivity contribution in [2.75, 3.05) is 11.9 Å². The number of ether oxygens (including phenoxy) is 1. The fourth-order valence-corrected chi connectivity index (χ4v) is 2.30. The number of hydrogen-bond donors (Lipinski definition) is 2. The molecule has 1 unspecified atom stereocenters. The Kier molecular flexibility index (Phi) is 5.64. The second kappa shape index (κ2) is 7.70. The maximum atomic E-state index is 9.32. The van der Waals surface area contributed by atoms with Crippen LogP contribution in [0.2, 0.25) is 0 Å². The predicted octanol–water partition coefficient (Wildman–Crippen LogP) is 3.97. The molecule has 0 saturated carbocycles. The van der Waals surface area contributed by atoms with Crippen molar-refractivity contribution in [2.45, 2.75) is 32.9 Å². The molecule has 0 bridgehead atoms. The van der Waals surface area contributed by atoms with Crippen LogP contribution in [-0.4, -0.2) is 17.8 Å². The van der Waals surface area contributed by atoms with E-state index in [1.807, 2.05) is 31.2 Å². The summed E-state index contributed by atoms with van der Waals surface area (Å²) in [5, 5.41) is 12.9. The zero-order chi connectivity index (χ0) is 15.1. The average molecular weight is 285 g/mol. The summed E-state index contributed by atoms with van der Waals surface area (Å²) in [6, 6.07) is 15.9. The highest BCUT2D eigenvalue weighted by atomic mass is 16.5. The molecule has 0 saturated heterocycles. The zero-order valence-electron chi connectivity index (χ0n) is 12.7. The van der Waals surface area contributed by atoms with Crippen LogP contribution < -0.4 is 5.32 Å². The van der Waals surface area contributed by atoms with Gasteiger partial charge in [0, 0.05) is 23.9 Å². The summed E-state index contributed by atoms with van der Waals surface area (Å²) in [6.45, 7) is 5.51. The molecule has 0 aliphatic heterocycles. The second-order valence-corrected chi connectivity index (χ2v) is 5.21. The van der Waals surface area contributed by atoms with Crippen molar-refractivity contribution in [1.29, 1.82) is 0 Å². The van der Waals surface area contributed by atoms with E-state index >= 15 is 0 Å². The van der Waals surface area contributed by atoms with Gasteiger partial charge in [0.2, 0.25) is 0 Å². The molecule has 0 aliphatic carbocycles. The first-order valence-electron chi connectivity index (χ1n) is 7.39. The van der Waals surface area contributed by atoms with E-state index < -0.39 is 0 Å². The summed E-state index contributed by atoms with van der Waals surface area (Å²) in [5.74, 6) is 0.307. The Morgan fingerprint density at radius 3 is 2.52 bits per heavy atom. The summed E-state index contributed by atoms with van der Waals surface area (Å²) in [6.07, 6.45) is 0.906. The topological polar surface area (TPSA) is 41.5 Å². The van der Waals surface area contributed by atoms with E-state index in [1.165, 1.54) is 11.1 Å². The van der Waals surface area contributed by atoms with Crippen LogP contribution in [0.15, 0.2) is 48.5 Å². The third-order valence-electron chi connectivity index (χ3n) is 3.36. The Labute approximate surface area is 126 Å². The third-order valence-corrected chi connectivity index (χ3v) is 3.36. The number of aromatic hydroxyl groups is 1. The Morgan fingerprint density at radius 1 is 1.10 bits per heavy atom. The first kappa shape index (κ1) is 15.4. The van der Waals surface area contributed by atoms with Crippen LogP contribution in [0.1, 0.15) is 25.0 Å². The summed E-state index contributed by atoms with van der Waals surface area (Å²) < 4.78 is 5.51. The molecule has 2 aromatic carbocycles. The smallest absolute Gasteiger partial charge is 0.115 e. The van der Waals surface area contributed by atoms with Crippen molar-refractivity contribution in [1.82, 2.24) is 0 Å². The number of anilines is 1. The largest absolute Gasteiger partial charge is 0.508 e. The number of phenolic OH excluding ortho intramolecular Hbond substituents is 1. The lowest BCUT2D eigenvalue weighted by molar-refractivity contribution is 0.134. The van der Waals surface area contributed by atoms with Gasteiger partial charge in [0.15, 0.2) is 0 Å². The van der Waals surface area contributed by atoms with E-state index in [2.05, 4.69) is 24.4 Å². The van der Waals surface area contributed by atoms with Gasteiger partial charge in [-0.05, 0) is 44.0 Å². The standard InChI is InChI=1S/C18H23NO2/c1-3-21-13-16-6-4-5-7-18(16)19-14(2)12-15-8-10-17(20)11-9-15/h4-11,14,19-20H,3,12-13H2,1-2H3. The minimum absolute atomic E-state index is 0.303. The van der Waals surface area contributed by atoms with E-state index in [4.69, 9.17) is 4.74 Å². The van der Waals surface area contributed by atoms with Gasteiger partial charge in [-0.3, -0.25) is 0 Å². The number of para-hydroxylation sites is 1. The molecule has 0 amide bonds. The van der Waals surface area contributed by atoms with Crippen LogP contribution in [0, 0.1) is 0 Å². The van der Waals surface area contributed by atoms with Gasteiger partial charge in [-0.25, -0.2) is 0 Å². The van der Waals surface area contributed by atoms with Crippen LogP contribution in [0.25, 0.3) is 0 Å². The molecule has 112 valence electrons. The van der Waals surface area contributed by atoms with Gasteiger partial charge < -0.3 is 15.2 Å². The van der Waals surface area contributed by atoms with E-state index in [9.17, 15) is 5.11 Å². The minimum atomic E-state index is 0.303. The highest BCUT2D eigenvalue weighted by Gasteiger charge is 2.07. The Hall–Kier alpha value is -2.00. The Bertz CT molecular complexity index is 551. The molecule has 0 spiro atoms.